The maximum atomic E-state index is 12.3. The van der Waals surface area contributed by atoms with Gasteiger partial charge in [-0.05, 0) is 39.7 Å². The number of amides is 1. The minimum Gasteiger partial charge on any atom is -0.444 e. The first-order valence-corrected chi connectivity index (χ1v) is 8.60. The first kappa shape index (κ1) is 18.0. The highest BCUT2D eigenvalue weighted by molar-refractivity contribution is 5.79. The summed E-state index contributed by atoms with van der Waals surface area (Å²) in [5, 5.41) is 14.0. The molecule has 140 valence electrons. The molecule has 0 aliphatic carbocycles. The van der Waals surface area contributed by atoms with Crippen LogP contribution < -0.4 is 5.32 Å². The summed E-state index contributed by atoms with van der Waals surface area (Å²) in [6.45, 7) is 6.75. The number of nitrogens with one attached hydrogen (secondary N) is 2. The van der Waals surface area contributed by atoms with Gasteiger partial charge in [0, 0.05) is 25.2 Å². The highest BCUT2D eigenvalue weighted by Gasteiger charge is 2.32. The molecule has 9 nitrogen and oxygen atoms in total. The van der Waals surface area contributed by atoms with E-state index >= 15 is 0 Å². The lowest BCUT2D eigenvalue weighted by molar-refractivity contribution is -0.384. The van der Waals surface area contributed by atoms with Gasteiger partial charge in [0.1, 0.15) is 5.60 Å². The Morgan fingerprint density at radius 2 is 2.27 bits per heavy atom. The molecule has 3 rings (SSSR count). The molecule has 0 bridgehead atoms. The molecule has 0 radical (unpaired) electrons. The molecule has 1 fully saturated rings. The van der Waals surface area contributed by atoms with Gasteiger partial charge in [0.05, 0.1) is 22.0 Å². The third-order valence-electron chi connectivity index (χ3n) is 4.19. The quantitative estimate of drug-likeness (QED) is 0.638. The minimum absolute atomic E-state index is 0.0135. The van der Waals surface area contributed by atoms with Gasteiger partial charge in [0.15, 0.2) is 0 Å². The molecular formula is C17H23N5O4. The molecule has 1 aliphatic heterocycles. The van der Waals surface area contributed by atoms with Crippen LogP contribution in [-0.2, 0) is 4.74 Å². The Morgan fingerprint density at radius 3 is 2.96 bits per heavy atom. The van der Waals surface area contributed by atoms with Gasteiger partial charge in [-0.15, -0.1) is 0 Å². The second kappa shape index (κ2) is 6.81. The van der Waals surface area contributed by atoms with Crippen molar-refractivity contribution in [2.75, 3.05) is 18.4 Å². The van der Waals surface area contributed by atoms with E-state index in [2.05, 4.69) is 15.3 Å². The average Bonchev–Trinajstić information content (AvgIpc) is 3.16. The summed E-state index contributed by atoms with van der Waals surface area (Å²) in [5.74, 6) is 0.525. The van der Waals surface area contributed by atoms with Gasteiger partial charge in [0.25, 0.3) is 5.69 Å². The summed E-state index contributed by atoms with van der Waals surface area (Å²) in [6, 6.07) is 4.51. The zero-order valence-corrected chi connectivity index (χ0v) is 15.1. The standard InChI is InChI=1S/C17H23N5O4/c1-17(2,3)26-16(23)21-8-4-5-12(21)10-18-15-19-13-7-6-11(22(24)25)9-14(13)20-15/h6-7,9,12H,4-5,8,10H2,1-3H3,(H2,18,19,20)/t12-/m0/s1. The van der Waals surface area contributed by atoms with Crippen LogP contribution in [0.2, 0.25) is 0 Å². The van der Waals surface area contributed by atoms with Crippen molar-refractivity contribution in [1.82, 2.24) is 14.9 Å². The number of aromatic amines is 1. The Hall–Kier alpha value is -2.84. The zero-order valence-electron chi connectivity index (χ0n) is 15.1. The van der Waals surface area contributed by atoms with Gasteiger partial charge in [-0.1, -0.05) is 0 Å². The van der Waals surface area contributed by atoms with Gasteiger partial charge in [-0.2, -0.15) is 0 Å². The number of anilines is 1. The van der Waals surface area contributed by atoms with Crippen LogP contribution in [0.5, 0.6) is 0 Å². The molecule has 26 heavy (non-hydrogen) atoms. The second-order valence-corrected chi connectivity index (χ2v) is 7.39. The van der Waals surface area contributed by atoms with Crippen LogP contribution in [0.15, 0.2) is 18.2 Å². The maximum Gasteiger partial charge on any atom is 0.410 e. The van der Waals surface area contributed by atoms with Crippen molar-refractivity contribution in [3.8, 4) is 0 Å². The monoisotopic (exact) mass is 361 g/mol. The lowest BCUT2D eigenvalue weighted by atomic mass is 10.2. The van der Waals surface area contributed by atoms with Crippen LogP contribution in [0.25, 0.3) is 11.0 Å². The van der Waals surface area contributed by atoms with Crippen molar-refractivity contribution >= 4 is 28.8 Å². The number of rotatable bonds is 4. The molecule has 1 amide bonds. The minimum atomic E-state index is -0.523. The number of nitro benzene ring substituents is 1. The fourth-order valence-corrected chi connectivity index (χ4v) is 3.02. The predicted octanol–water partition coefficient (Wildman–Crippen LogP) is 3.28. The Labute approximate surface area is 150 Å². The van der Waals surface area contributed by atoms with E-state index in [-0.39, 0.29) is 17.8 Å². The average molecular weight is 361 g/mol. The summed E-state index contributed by atoms with van der Waals surface area (Å²) in [5.41, 5.74) is 0.732. The number of aromatic nitrogens is 2. The Bertz CT molecular complexity index is 826. The SMILES string of the molecule is CC(C)(C)OC(=O)N1CCC[C@H]1CNc1nc2ccc([N+](=O)[O-])cc2[nH]1. The smallest absolute Gasteiger partial charge is 0.410 e. The second-order valence-electron chi connectivity index (χ2n) is 7.39. The van der Waals surface area contributed by atoms with Crippen LogP contribution >= 0.6 is 0 Å². The van der Waals surface area contributed by atoms with Gasteiger partial charge < -0.3 is 19.9 Å². The number of fused-ring (bicyclic) bond motifs is 1. The van der Waals surface area contributed by atoms with Gasteiger partial charge in [0.2, 0.25) is 5.95 Å². The first-order valence-electron chi connectivity index (χ1n) is 8.60. The molecule has 0 unspecified atom stereocenters. The highest BCUT2D eigenvalue weighted by atomic mass is 16.6. The third-order valence-corrected chi connectivity index (χ3v) is 4.19. The maximum absolute atomic E-state index is 12.3. The van der Waals surface area contributed by atoms with E-state index in [4.69, 9.17) is 4.74 Å². The van der Waals surface area contributed by atoms with Crippen molar-refractivity contribution in [3.63, 3.8) is 0 Å². The normalized spacial score (nSPS) is 17.5. The number of carbonyl (C=O) groups is 1. The summed E-state index contributed by atoms with van der Waals surface area (Å²) in [7, 11) is 0. The van der Waals surface area contributed by atoms with Crippen molar-refractivity contribution in [1.29, 1.82) is 0 Å². The number of likely N-dealkylation sites (tertiary alicyclic amines) is 1. The fraction of sp³-hybridized carbons (Fsp3) is 0.529. The topological polar surface area (TPSA) is 113 Å². The van der Waals surface area contributed by atoms with Gasteiger partial charge in [-0.3, -0.25) is 10.1 Å². The predicted molar refractivity (Wildman–Crippen MR) is 97.2 cm³/mol. The van der Waals surface area contributed by atoms with Crippen LogP contribution in [0.1, 0.15) is 33.6 Å². The first-order chi connectivity index (χ1) is 12.2. The number of nitro groups is 1. The summed E-state index contributed by atoms with van der Waals surface area (Å²) in [4.78, 5) is 31.9. The molecule has 1 aromatic heterocycles. The number of ether oxygens (including phenoxy) is 1. The van der Waals surface area contributed by atoms with E-state index in [0.717, 1.165) is 12.8 Å². The number of hydrogen-bond donors (Lipinski definition) is 2. The van der Waals surface area contributed by atoms with Gasteiger partial charge >= 0.3 is 6.09 Å². The zero-order chi connectivity index (χ0) is 18.9. The van der Waals surface area contributed by atoms with E-state index in [1.165, 1.54) is 12.1 Å². The van der Waals surface area contributed by atoms with E-state index in [1.54, 1.807) is 11.0 Å². The number of carbonyl (C=O) groups excluding carboxylic acids is 1. The molecule has 2 aromatic rings. The van der Waals surface area contributed by atoms with E-state index < -0.39 is 10.5 Å². The van der Waals surface area contributed by atoms with Crippen molar-refractivity contribution in [2.45, 2.75) is 45.3 Å². The number of H-pyrrole nitrogens is 1. The number of benzene rings is 1. The van der Waals surface area contributed by atoms with Crippen LogP contribution in [0, 0.1) is 10.1 Å². The fourth-order valence-electron chi connectivity index (χ4n) is 3.02. The largest absolute Gasteiger partial charge is 0.444 e. The van der Waals surface area contributed by atoms with Gasteiger partial charge in [-0.25, -0.2) is 9.78 Å². The molecule has 2 heterocycles. The van der Waals surface area contributed by atoms with Crippen LogP contribution in [0.3, 0.4) is 0 Å². The molecule has 1 saturated heterocycles. The van der Waals surface area contributed by atoms with E-state index in [0.29, 0.717) is 30.1 Å². The molecule has 2 N–H and O–H groups in total. The number of non-ortho nitro benzene ring substituents is 1. The van der Waals surface area contributed by atoms with E-state index in [9.17, 15) is 14.9 Å². The molecule has 0 spiro atoms. The molecule has 0 saturated carbocycles. The lowest BCUT2D eigenvalue weighted by Gasteiger charge is -2.28. The van der Waals surface area contributed by atoms with Crippen molar-refractivity contribution in [3.05, 3.63) is 28.3 Å². The molecular weight excluding hydrogens is 338 g/mol. The summed E-state index contributed by atoms with van der Waals surface area (Å²) >= 11 is 0. The molecule has 1 aliphatic rings. The number of nitrogens with zero attached hydrogens (tertiary/aromatic N) is 3. The van der Waals surface area contributed by atoms with E-state index in [1.807, 2.05) is 20.8 Å². The summed E-state index contributed by atoms with van der Waals surface area (Å²) in [6.07, 6.45) is 1.51. The Balaban J connectivity index is 1.65. The van der Waals surface area contributed by atoms with Crippen molar-refractivity contribution < 1.29 is 14.5 Å². The molecule has 9 heteroatoms. The molecule has 1 atom stereocenters. The van der Waals surface area contributed by atoms with Crippen molar-refractivity contribution in [2.24, 2.45) is 0 Å². The Kier molecular flexibility index (Phi) is 4.71. The highest BCUT2D eigenvalue weighted by Crippen LogP contribution is 2.23. The van der Waals surface area contributed by atoms with Crippen LogP contribution in [-0.4, -0.2) is 50.6 Å². The third kappa shape index (κ3) is 4.04. The Morgan fingerprint density at radius 1 is 1.50 bits per heavy atom. The van der Waals surface area contributed by atoms with Crippen LogP contribution in [0.4, 0.5) is 16.4 Å². The number of imidazole rings is 1. The number of hydrogen-bond acceptors (Lipinski definition) is 6. The molecule has 1 aromatic carbocycles. The summed E-state index contributed by atoms with van der Waals surface area (Å²) < 4.78 is 5.46. The lowest BCUT2D eigenvalue weighted by Crippen LogP contribution is -2.42.